The van der Waals surface area contributed by atoms with Gasteiger partial charge in [-0.25, -0.2) is 8.42 Å². The van der Waals surface area contributed by atoms with Gasteiger partial charge in [0.05, 0.1) is 17.0 Å². The molecular formula is C25H34ClN3O4S. The lowest BCUT2D eigenvalue weighted by molar-refractivity contribution is -0.139. The molecule has 2 aromatic rings. The quantitative estimate of drug-likeness (QED) is 0.474. The summed E-state index contributed by atoms with van der Waals surface area (Å²) in [6, 6.07) is 15.4. The molecule has 0 aliphatic heterocycles. The lowest BCUT2D eigenvalue weighted by Gasteiger charge is -2.33. The highest BCUT2D eigenvalue weighted by Crippen LogP contribution is 2.27. The van der Waals surface area contributed by atoms with E-state index in [0.29, 0.717) is 19.4 Å². The Kier molecular flexibility index (Phi) is 10.4. The summed E-state index contributed by atoms with van der Waals surface area (Å²) >= 11 is 6.25. The van der Waals surface area contributed by atoms with Crippen LogP contribution in [0.5, 0.6) is 0 Å². The molecule has 0 aromatic heterocycles. The Morgan fingerprint density at radius 3 is 2.21 bits per heavy atom. The minimum Gasteiger partial charge on any atom is -0.354 e. The molecule has 1 atom stereocenters. The van der Waals surface area contributed by atoms with Gasteiger partial charge >= 0.3 is 0 Å². The molecule has 0 heterocycles. The maximum atomic E-state index is 13.5. The van der Waals surface area contributed by atoms with E-state index in [9.17, 15) is 18.0 Å². The van der Waals surface area contributed by atoms with Crippen molar-refractivity contribution in [2.75, 3.05) is 30.2 Å². The predicted molar refractivity (Wildman–Crippen MR) is 137 cm³/mol. The Labute approximate surface area is 208 Å². The van der Waals surface area contributed by atoms with Gasteiger partial charge in [0, 0.05) is 13.1 Å². The predicted octanol–water partition coefficient (Wildman–Crippen LogP) is 3.73. The van der Waals surface area contributed by atoms with Crippen LogP contribution in [0.1, 0.15) is 32.8 Å². The number of halogens is 1. The maximum Gasteiger partial charge on any atom is 0.244 e. The van der Waals surface area contributed by atoms with E-state index < -0.39 is 28.5 Å². The molecule has 0 aliphatic rings. The second kappa shape index (κ2) is 12.8. The summed E-state index contributed by atoms with van der Waals surface area (Å²) in [5, 5.41) is 3.13. The van der Waals surface area contributed by atoms with Gasteiger partial charge in [-0.1, -0.05) is 74.8 Å². The fourth-order valence-electron chi connectivity index (χ4n) is 3.57. The number of hydrogen-bond acceptors (Lipinski definition) is 4. The van der Waals surface area contributed by atoms with Crippen molar-refractivity contribution < 1.29 is 18.0 Å². The second-order valence-electron chi connectivity index (χ2n) is 8.61. The van der Waals surface area contributed by atoms with Crippen molar-refractivity contribution in [2.24, 2.45) is 5.92 Å². The molecule has 186 valence electrons. The van der Waals surface area contributed by atoms with Crippen molar-refractivity contribution in [2.45, 2.75) is 39.7 Å². The topological polar surface area (TPSA) is 86.8 Å². The monoisotopic (exact) mass is 507 g/mol. The van der Waals surface area contributed by atoms with Crippen LogP contribution in [-0.4, -0.2) is 57.1 Å². The first-order valence-corrected chi connectivity index (χ1v) is 13.6. The summed E-state index contributed by atoms with van der Waals surface area (Å²) in [5.41, 5.74) is 1.24. The van der Waals surface area contributed by atoms with Crippen LogP contribution in [0.3, 0.4) is 0 Å². The maximum absolute atomic E-state index is 13.5. The SMILES string of the molecule is CC[C@H](C(=O)NCC(C)C)N(CCc1ccccc1)C(=O)CN(c1ccccc1Cl)S(C)(=O)=O. The number of benzene rings is 2. The van der Waals surface area contributed by atoms with Gasteiger partial charge in [0.15, 0.2) is 0 Å². The van der Waals surface area contributed by atoms with Gasteiger partial charge in [-0.3, -0.25) is 13.9 Å². The van der Waals surface area contributed by atoms with Gasteiger partial charge < -0.3 is 10.2 Å². The molecule has 0 fully saturated rings. The van der Waals surface area contributed by atoms with Crippen LogP contribution in [-0.2, 0) is 26.0 Å². The minimum absolute atomic E-state index is 0.221. The van der Waals surface area contributed by atoms with E-state index in [1.807, 2.05) is 51.1 Å². The third-order valence-corrected chi connectivity index (χ3v) is 6.80. The summed E-state index contributed by atoms with van der Waals surface area (Å²) in [6.07, 6.45) is 1.96. The molecule has 0 saturated heterocycles. The number of sulfonamides is 1. The summed E-state index contributed by atoms with van der Waals surface area (Å²) in [4.78, 5) is 28.0. The third-order valence-electron chi connectivity index (χ3n) is 5.36. The van der Waals surface area contributed by atoms with Gasteiger partial charge in [0.25, 0.3) is 0 Å². The van der Waals surface area contributed by atoms with E-state index >= 15 is 0 Å². The van der Waals surface area contributed by atoms with Crippen molar-refractivity contribution >= 4 is 39.1 Å². The molecule has 2 aromatic carbocycles. The van der Waals surface area contributed by atoms with Crippen LogP contribution < -0.4 is 9.62 Å². The van der Waals surface area contributed by atoms with E-state index in [4.69, 9.17) is 11.6 Å². The van der Waals surface area contributed by atoms with Crippen LogP contribution in [0.2, 0.25) is 5.02 Å². The number of nitrogens with zero attached hydrogens (tertiary/aromatic N) is 2. The van der Waals surface area contributed by atoms with Crippen LogP contribution in [0.4, 0.5) is 5.69 Å². The molecular weight excluding hydrogens is 474 g/mol. The normalized spacial score (nSPS) is 12.3. The van der Waals surface area contributed by atoms with Gasteiger partial charge in [0.1, 0.15) is 12.6 Å². The lowest BCUT2D eigenvalue weighted by Crippen LogP contribution is -2.53. The van der Waals surface area contributed by atoms with E-state index in [-0.39, 0.29) is 29.1 Å². The zero-order chi connectivity index (χ0) is 25.3. The Morgan fingerprint density at radius 1 is 1.03 bits per heavy atom. The molecule has 0 spiro atoms. The summed E-state index contributed by atoms with van der Waals surface area (Å²) in [5.74, 6) is -0.454. The van der Waals surface area contributed by atoms with Crippen LogP contribution in [0.25, 0.3) is 0 Å². The van der Waals surface area contributed by atoms with Crippen LogP contribution >= 0.6 is 11.6 Å². The number of anilines is 1. The average Bonchev–Trinajstić information content (AvgIpc) is 2.79. The standard InChI is InChI=1S/C25H34ClN3O4S/c1-5-22(25(31)27-17-19(2)3)28(16-15-20-11-7-6-8-12-20)24(30)18-29(34(4,32)33)23-14-10-9-13-21(23)26/h6-14,19,22H,5,15-18H2,1-4H3,(H,27,31)/t22-/m1/s1. The van der Waals surface area contributed by atoms with Gasteiger partial charge in [0.2, 0.25) is 21.8 Å². The Hall–Kier alpha value is -2.58. The molecule has 34 heavy (non-hydrogen) atoms. The second-order valence-corrected chi connectivity index (χ2v) is 10.9. The number of hydrogen-bond donors (Lipinski definition) is 1. The zero-order valence-electron chi connectivity index (χ0n) is 20.2. The van der Waals surface area contributed by atoms with Crippen molar-refractivity contribution in [1.82, 2.24) is 10.2 Å². The minimum atomic E-state index is -3.81. The molecule has 1 N–H and O–H groups in total. The Bertz CT molecular complexity index is 1060. The molecule has 0 aliphatic carbocycles. The number of nitrogens with one attached hydrogen (secondary N) is 1. The van der Waals surface area contributed by atoms with Gasteiger partial charge in [-0.15, -0.1) is 0 Å². The van der Waals surface area contributed by atoms with Crippen molar-refractivity contribution in [1.29, 1.82) is 0 Å². The molecule has 0 radical (unpaired) electrons. The molecule has 2 amide bonds. The first-order valence-electron chi connectivity index (χ1n) is 11.4. The van der Waals surface area contributed by atoms with Crippen LogP contribution in [0.15, 0.2) is 54.6 Å². The highest BCUT2D eigenvalue weighted by Gasteiger charge is 2.31. The summed E-state index contributed by atoms with van der Waals surface area (Å²) < 4.78 is 26.2. The fourth-order valence-corrected chi connectivity index (χ4v) is 4.72. The lowest BCUT2D eigenvalue weighted by atomic mass is 10.1. The Morgan fingerprint density at radius 2 is 1.65 bits per heavy atom. The number of rotatable bonds is 12. The largest absolute Gasteiger partial charge is 0.354 e. The molecule has 0 bridgehead atoms. The molecule has 0 saturated carbocycles. The summed E-state index contributed by atoms with van der Waals surface area (Å²) in [7, 11) is -3.81. The van der Waals surface area contributed by atoms with Crippen molar-refractivity contribution in [3.05, 3.63) is 65.2 Å². The third kappa shape index (κ3) is 8.02. The average molecular weight is 508 g/mol. The van der Waals surface area contributed by atoms with E-state index in [1.54, 1.807) is 24.3 Å². The molecule has 9 heteroatoms. The van der Waals surface area contributed by atoms with Gasteiger partial charge in [-0.2, -0.15) is 0 Å². The first kappa shape index (κ1) is 27.7. The number of para-hydroxylation sites is 1. The number of carbonyl (C=O) groups is 2. The van der Waals surface area contributed by atoms with Crippen molar-refractivity contribution in [3.63, 3.8) is 0 Å². The fraction of sp³-hybridized carbons (Fsp3) is 0.440. The smallest absolute Gasteiger partial charge is 0.244 e. The first-order chi connectivity index (χ1) is 16.0. The summed E-state index contributed by atoms with van der Waals surface area (Å²) in [6.45, 7) is 6.14. The van der Waals surface area contributed by atoms with E-state index in [0.717, 1.165) is 16.1 Å². The van der Waals surface area contributed by atoms with Crippen LogP contribution in [0, 0.1) is 5.92 Å². The molecule has 7 nitrogen and oxygen atoms in total. The highest BCUT2D eigenvalue weighted by molar-refractivity contribution is 7.92. The zero-order valence-corrected chi connectivity index (χ0v) is 21.8. The highest BCUT2D eigenvalue weighted by atomic mass is 35.5. The number of carbonyl (C=O) groups excluding carboxylic acids is 2. The number of amides is 2. The molecule has 0 unspecified atom stereocenters. The Balaban J connectivity index is 2.35. The van der Waals surface area contributed by atoms with Gasteiger partial charge in [-0.05, 0) is 36.5 Å². The van der Waals surface area contributed by atoms with Crippen molar-refractivity contribution in [3.8, 4) is 0 Å². The van der Waals surface area contributed by atoms with E-state index in [1.165, 1.54) is 4.90 Å². The van der Waals surface area contributed by atoms with E-state index in [2.05, 4.69) is 5.32 Å². The molecule has 2 rings (SSSR count).